The number of carbonyl (C=O) groups excluding carboxylic acids is 2. The van der Waals surface area contributed by atoms with Crippen molar-refractivity contribution in [1.82, 2.24) is 9.78 Å². The minimum Gasteiger partial charge on any atom is -0.381 e. The van der Waals surface area contributed by atoms with Gasteiger partial charge in [-0.2, -0.15) is 5.10 Å². The number of hydrogen-bond acceptors (Lipinski definition) is 5. The van der Waals surface area contributed by atoms with Gasteiger partial charge in [-0.15, -0.1) is 0 Å². The number of nitrogens with two attached hydrogens (primary N) is 1. The van der Waals surface area contributed by atoms with Crippen LogP contribution in [0.3, 0.4) is 0 Å². The lowest BCUT2D eigenvalue weighted by Crippen LogP contribution is -2.30. The lowest BCUT2D eigenvalue weighted by Gasteiger charge is -2.29. The molecule has 1 amide bonds. The second-order valence-electron chi connectivity index (χ2n) is 9.01. The van der Waals surface area contributed by atoms with Gasteiger partial charge in [-0.25, -0.2) is 9.07 Å². The first kappa shape index (κ1) is 20.5. The Morgan fingerprint density at radius 1 is 1.30 bits per heavy atom. The molecule has 0 saturated carbocycles. The third-order valence-electron chi connectivity index (χ3n) is 5.87. The Kier molecular flexibility index (Phi) is 5.13. The number of Topliss-reactive ketones (excluding diaryl/α,β-unsaturated/α-hetero) is 1. The van der Waals surface area contributed by atoms with Crippen LogP contribution in [-0.2, 0) is 11.2 Å². The average molecular weight is 414 g/mol. The van der Waals surface area contributed by atoms with Crippen LogP contribution < -0.4 is 11.1 Å². The summed E-state index contributed by atoms with van der Waals surface area (Å²) < 4.78 is 22.0. The number of aromatic nitrogens is 2. The molecule has 0 atom stereocenters. The number of ketones is 1. The van der Waals surface area contributed by atoms with Crippen LogP contribution in [0, 0.1) is 18.2 Å². The van der Waals surface area contributed by atoms with Crippen molar-refractivity contribution in [1.29, 1.82) is 0 Å². The van der Waals surface area contributed by atoms with Crippen molar-refractivity contribution in [3.63, 3.8) is 0 Å². The number of nitrogens with one attached hydrogen (secondary N) is 1. The molecule has 2 aromatic rings. The number of nitrogens with zero attached hydrogens (tertiary/aromatic N) is 2. The van der Waals surface area contributed by atoms with Crippen molar-refractivity contribution in [3.8, 4) is 5.69 Å². The van der Waals surface area contributed by atoms with Crippen LogP contribution in [0.15, 0.2) is 12.1 Å². The van der Waals surface area contributed by atoms with E-state index in [1.165, 1.54) is 6.07 Å². The number of aryl methyl sites for hydroxylation is 1. The summed E-state index contributed by atoms with van der Waals surface area (Å²) in [4.78, 5) is 24.6. The van der Waals surface area contributed by atoms with Gasteiger partial charge in [-0.05, 0) is 37.7 Å². The van der Waals surface area contributed by atoms with Crippen LogP contribution in [0.5, 0.6) is 0 Å². The molecule has 8 heteroatoms. The Labute approximate surface area is 174 Å². The summed E-state index contributed by atoms with van der Waals surface area (Å²) >= 11 is 0. The number of hydrogen-bond donors (Lipinski definition) is 2. The number of amides is 1. The molecule has 1 fully saturated rings. The van der Waals surface area contributed by atoms with Crippen molar-refractivity contribution in [2.75, 3.05) is 18.5 Å². The van der Waals surface area contributed by atoms with Gasteiger partial charge >= 0.3 is 0 Å². The van der Waals surface area contributed by atoms with E-state index in [1.54, 1.807) is 17.7 Å². The van der Waals surface area contributed by atoms with Crippen molar-refractivity contribution in [3.05, 3.63) is 40.5 Å². The van der Waals surface area contributed by atoms with Gasteiger partial charge in [-0.1, -0.05) is 13.8 Å². The maximum atomic E-state index is 15.0. The summed E-state index contributed by atoms with van der Waals surface area (Å²) in [7, 11) is 0. The largest absolute Gasteiger partial charge is 0.381 e. The van der Waals surface area contributed by atoms with Crippen molar-refractivity contribution >= 4 is 17.4 Å². The second-order valence-corrected chi connectivity index (χ2v) is 9.01. The highest BCUT2D eigenvalue weighted by molar-refractivity contribution is 6.00. The number of rotatable bonds is 4. The Morgan fingerprint density at radius 3 is 2.67 bits per heavy atom. The van der Waals surface area contributed by atoms with Gasteiger partial charge in [0.2, 0.25) is 0 Å². The van der Waals surface area contributed by atoms with E-state index < -0.39 is 11.7 Å². The molecule has 0 unspecified atom stereocenters. The fourth-order valence-electron chi connectivity index (χ4n) is 4.49. The van der Waals surface area contributed by atoms with Crippen LogP contribution in [0.25, 0.3) is 5.69 Å². The molecule has 0 radical (unpaired) electrons. The standard InChI is InChI=1S/C22H27FN4O3/c1-12-19-17(10-22(2,3)11-18(19)28)27(26-12)14-8-15(23)20(21(24)29)16(9-14)25-13-4-6-30-7-5-13/h8-9,13,25H,4-7,10-11H2,1-3H3,(H2,24,29). The van der Waals surface area contributed by atoms with Gasteiger partial charge in [0.25, 0.3) is 5.91 Å². The predicted octanol–water partition coefficient (Wildman–Crippen LogP) is 3.16. The molecule has 0 spiro atoms. The molecule has 160 valence electrons. The molecule has 2 heterocycles. The summed E-state index contributed by atoms with van der Waals surface area (Å²) in [5.41, 5.74) is 7.92. The minimum absolute atomic E-state index is 0.0554. The number of fused-ring (bicyclic) bond motifs is 1. The molecule has 7 nitrogen and oxygen atoms in total. The van der Waals surface area contributed by atoms with E-state index in [0.29, 0.717) is 48.7 Å². The molecule has 2 aliphatic rings. The van der Waals surface area contributed by atoms with E-state index in [4.69, 9.17) is 10.5 Å². The SMILES string of the molecule is Cc1nn(-c2cc(F)c(C(N)=O)c(NC3CCOCC3)c2)c2c1C(=O)CC(C)(C)C2. The van der Waals surface area contributed by atoms with Gasteiger partial charge in [0.1, 0.15) is 5.82 Å². The molecule has 0 bridgehead atoms. The molecule has 1 aromatic carbocycles. The Bertz CT molecular complexity index is 1020. The molecule has 1 saturated heterocycles. The van der Waals surface area contributed by atoms with Crippen LogP contribution in [-0.4, -0.2) is 40.7 Å². The summed E-state index contributed by atoms with van der Waals surface area (Å²) in [6.45, 7) is 7.08. The number of halogens is 1. The molecular formula is C22H27FN4O3. The molecule has 1 aliphatic carbocycles. The second kappa shape index (κ2) is 7.50. The zero-order valence-electron chi connectivity index (χ0n) is 17.5. The van der Waals surface area contributed by atoms with Crippen LogP contribution in [0.4, 0.5) is 10.1 Å². The fraction of sp³-hybridized carbons (Fsp3) is 0.500. The zero-order valence-corrected chi connectivity index (χ0v) is 17.5. The van der Waals surface area contributed by atoms with Crippen LogP contribution >= 0.6 is 0 Å². The predicted molar refractivity (Wildman–Crippen MR) is 111 cm³/mol. The van der Waals surface area contributed by atoms with E-state index in [-0.39, 0.29) is 22.8 Å². The zero-order chi connectivity index (χ0) is 21.6. The van der Waals surface area contributed by atoms with E-state index >= 15 is 0 Å². The van der Waals surface area contributed by atoms with E-state index in [9.17, 15) is 14.0 Å². The number of carbonyl (C=O) groups is 2. The Hall–Kier alpha value is -2.74. The maximum absolute atomic E-state index is 15.0. The van der Waals surface area contributed by atoms with Crippen LogP contribution in [0.1, 0.15) is 65.2 Å². The Balaban J connectivity index is 1.82. The van der Waals surface area contributed by atoms with E-state index in [2.05, 4.69) is 10.4 Å². The topological polar surface area (TPSA) is 99.2 Å². The summed E-state index contributed by atoms with van der Waals surface area (Å²) in [6, 6.07) is 3.01. The maximum Gasteiger partial charge on any atom is 0.253 e. The molecule has 1 aromatic heterocycles. The first-order chi connectivity index (χ1) is 14.2. The number of ether oxygens (including phenoxy) is 1. The van der Waals surface area contributed by atoms with Crippen molar-refractivity contribution in [2.45, 2.75) is 52.5 Å². The summed E-state index contributed by atoms with van der Waals surface area (Å²) in [6.07, 6.45) is 2.61. The summed E-state index contributed by atoms with van der Waals surface area (Å²) in [5.74, 6) is -1.48. The molecular weight excluding hydrogens is 387 g/mol. The number of primary amides is 1. The quantitative estimate of drug-likeness (QED) is 0.801. The lowest BCUT2D eigenvalue weighted by molar-refractivity contribution is 0.0902. The van der Waals surface area contributed by atoms with E-state index in [0.717, 1.165) is 18.5 Å². The highest BCUT2D eigenvalue weighted by atomic mass is 19.1. The Morgan fingerprint density at radius 2 is 2.00 bits per heavy atom. The van der Waals surface area contributed by atoms with Crippen LogP contribution in [0.2, 0.25) is 0 Å². The molecule has 1 aliphatic heterocycles. The smallest absolute Gasteiger partial charge is 0.253 e. The third-order valence-corrected chi connectivity index (χ3v) is 5.87. The number of anilines is 1. The molecule has 4 rings (SSSR count). The normalized spacial score (nSPS) is 18.9. The van der Waals surface area contributed by atoms with Gasteiger partial charge < -0.3 is 15.8 Å². The lowest BCUT2D eigenvalue weighted by atomic mass is 9.75. The third kappa shape index (κ3) is 3.71. The van der Waals surface area contributed by atoms with Gasteiger partial charge in [0, 0.05) is 31.7 Å². The van der Waals surface area contributed by atoms with Gasteiger partial charge in [0.15, 0.2) is 5.78 Å². The van der Waals surface area contributed by atoms with Crippen molar-refractivity contribution in [2.24, 2.45) is 11.1 Å². The summed E-state index contributed by atoms with van der Waals surface area (Å²) in [5, 5.41) is 7.81. The fourth-order valence-corrected chi connectivity index (χ4v) is 4.49. The average Bonchev–Trinajstić information content (AvgIpc) is 2.97. The van der Waals surface area contributed by atoms with E-state index in [1.807, 2.05) is 13.8 Å². The molecule has 3 N–H and O–H groups in total. The van der Waals surface area contributed by atoms with Gasteiger partial charge in [0.05, 0.1) is 33.9 Å². The minimum atomic E-state index is -0.830. The highest BCUT2D eigenvalue weighted by Crippen LogP contribution is 2.37. The molecule has 30 heavy (non-hydrogen) atoms. The van der Waals surface area contributed by atoms with Crippen molar-refractivity contribution < 1.29 is 18.7 Å². The number of benzene rings is 1. The highest BCUT2D eigenvalue weighted by Gasteiger charge is 2.36. The monoisotopic (exact) mass is 414 g/mol. The first-order valence-corrected chi connectivity index (χ1v) is 10.3. The van der Waals surface area contributed by atoms with Gasteiger partial charge in [-0.3, -0.25) is 9.59 Å². The first-order valence-electron chi connectivity index (χ1n) is 10.3.